The molecule has 0 saturated heterocycles. The number of amides is 2. The molecule has 1 rings (SSSR count). The molecule has 0 aromatic carbocycles. The standard InChI is InChI=1S/C15H25N5O4/c1-3-4-5-11(16)14(22)19-9(2)13(21)20-12(15(23)24)6-10-7-17-8-18-10/h7-9,11-12H,3-6,16H2,1-2H3,(H,17,18)(H,19,22)(H,20,21)(H,23,24)/t9-,11+,12+/m1/s1. The van der Waals surface area contributed by atoms with E-state index in [-0.39, 0.29) is 6.42 Å². The normalized spacial score (nSPS) is 14.5. The summed E-state index contributed by atoms with van der Waals surface area (Å²) in [5.74, 6) is -2.18. The predicted molar refractivity (Wildman–Crippen MR) is 87.0 cm³/mol. The molecule has 0 saturated carbocycles. The van der Waals surface area contributed by atoms with E-state index >= 15 is 0 Å². The quantitative estimate of drug-likeness (QED) is 0.389. The van der Waals surface area contributed by atoms with E-state index in [1.165, 1.54) is 19.4 Å². The van der Waals surface area contributed by atoms with Gasteiger partial charge in [-0.1, -0.05) is 19.8 Å². The maximum Gasteiger partial charge on any atom is 0.326 e. The summed E-state index contributed by atoms with van der Waals surface area (Å²) in [6.07, 6.45) is 5.26. The summed E-state index contributed by atoms with van der Waals surface area (Å²) in [5.41, 5.74) is 6.33. The number of carboxylic acids is 1. The maximum atomic E-state index is 12.1. The lowest BCUT2D eigenvalue weighted by atomic mass is 10.1. The number of aliphatic carboxylic acids is 1. The highest BCUT2D eigenvalue weighted by atomic mass is 16.4. The molecular weight excluding hydrogens is 314 g/mol. The molecule has 0 aliphatic rings. The van der Waals surface area contributed by atoms with Gasteiger partial charge >= 0.3 is 5.97 Å². The molecule has 24 heavy (non-hydrogen) atoms. The average molecular weight is 339 g/mol. The van der Waals surface area contributed by atoms with Crippen LogP contribution in [0.25, 0.3) is 0 Å². The van der Waals surface area contributed by atoms with Crippen LogP contribution < -0.4 is 16.4 Å². The van der Waals surface area contributed by atoms with Crippen LogP contribution >= 0.6 is 0 Å². The molecule has 0 bridgehead atoms. The van der Waals surface area contributed by atoms with Crippen LogP contribution in [0.1, 0.15) is 38.8 Å². The Bertz CT molecular complexity index is 546. The molecule has 6 N–H and O–H groups in total. The van der Waals surface area contributed by atoms with Crippen LogP contribution in [-0.4, -0.2) is 51.0 Å². The molecule has 0 fully saturated rings. The molecule has 2 amide bonds. The van der Waals surface area contributed by atoms with Crippen molar-refractivity contribution in [3.63, 3.8) is 0 Å². The Balaban J connectivity index is 2.54. The number of imidazole rings is 1. The summed E-state index contributed by atoms with van der Waals surface area (Å²) in [6, 6.07) is -2.68. The lowest BCUT2D eigenvalue weighted by Gasteiger charge is -2.20. The fourth-order valence-corrected chi connectivity index (χ4v) is 2.05. The van der Waals surface area contributed by atoms with Gasteiger partial charge in [-0.15, -0.1) is 0 Å². The van der Waals surface area contributed by atoms with E-state index in [0.29, 0.717) is 12.1 Å². The van der Waals surface area contributed by atoms with Gasteiger partial charge in [-0.25, -0.2) is 9.78 Å². The first-order valence-electron chi connectivity index (χ1n) is 7.91. The zero-order chi connectivity index (χ0) is 18.1. The van der Waals surface area contributed by atoms with E-state index in [2.05, 4.69) is 20.6 Å². The number of carboxylic acid groups (broad SMARTS) is 1. The third kappa shape index (κ3) is 6.37. The minimum absolute atomic E-state index is 0.0672. The van der Waals surface area contributed by atoms with E-state index < -0.39 is 35.9 Å². The lowest BCUT2D eigenvalue weighted by Crippen LogP contribution is -2.53. The molecule has 1 aromatic heterocycles. The van der Waals surface area contributed by atoms with Crippen molar-refractivity contribution in [2.75, 3.05) is 0 Å². The van der Waals surface area contributed by atoms with Gasteiger partial charge in [0.15, 0.2) is 0 Å². The van der Waals surface area contributed by atoms with Crippen molar-refractivity contribution in [2.45, 2.75) is 57.7 Å². The topological polar surface area (TPSA) is 150 Å². The molecule has 1 aromatic rings. The van der Waals surface area contributed by atoms with E-state index in [9.17, 15) is 19.5 Å². The SMILES string of the molecule is CCCC[C@H](N)C(=O)N[C@H](C)C(=O)N[C@@H](Cc1cnc[nH]1)C(=O)O. The van der Waals surface area contributed by atoms with Crippen LogP contribution in [0.15, 0.2) is 12.5 Å². The summed E-state index contributed by atoms with van der Waals surface area (Å²) >= 11 is 0. The average Bonchev–Trinajstić information content (AvgIpc) is 3.04. The molecule has 3 atom stereocenters. The van der Waals surface area contributed by atoms with Gasteiger partial charge in [0.2, 0.25) is 11.8 Å². The van der Waals surface area contributed by atoms with Crippen molar-refractivity contribution >= 4 is 17.8 Å². The fourth-order valence-electron chi connectivity index (χ4n) is 2.05. The van der Waals surface area contributed by atoms with Crippen LogP contribution in [-0.2, 0) is 20.8 Å². The highest BCUT2D eigenvalue weighted by Gasteiger charge is 2.25. The Morgan fingerprint density at radius 1 is 1.33 bits per heavy atom. The second kappa shape index (κ2) is 9.66. The zero-order valence-corrected chi connectivity index (χ0v) is 13.9. The molecule has 134 valence electrons. The molecule has 0 aliphatic carbocycles. The Hall–Kier alpha value is -2.42. The number of nitrogens with one attached hydrogen (secondary N) is 3. The summed E-state index contributed by atoms with van der Waals surface area (Å²) in [7, 11) is 0. The second-order valence-corrected chi connectivity index (χ2v) is 5.66. The van der Waals surface area contributed by atoms with Crippen LogP contribution in [0.3, 0.4) is 0 Å². The van der Waals surface area contributed by atoms with E-state index in [4.69, 9.17) is 5.73 Å². The number of carbonyl (C=O) groups is 3. The first-order valence-corrected chi connectivity index (χ1v) is 7.91. The molecule has 1 heterocycles. The zero-order valence-electron chi connectivity index (χ0n) is 13.9. The number of nitrogens with two attached hydrogens (primary N) is 1. The molecular formula is C15H25N5O4. The van der Waals surface area contributed by atoms with Crippen LogP contribution in [0.4, 0.5) is 0 Å². The van der Waals surface area contributed by atoms with Crippen molar-refractivity contribution in [1.29, 1.82) is 0 Å². The Labute approximate surface area is 140 Å². The number of carbonyl (C=O) groups excluding carboxylic acids is 2. The van der Waals surface area contributed by atoms with Crippen molar-refractivity contribution in [3.8, 4) is 0 Å². The van der Waals surface area contributed by atoms with Gasteiger partial charge in [-0.2, -0.15) is 0 Å². The minimum atomic E-state index is -1.17. The molecule has 9 nitrogen and oxygen atoms in total. The van der Waals surface area contributed by atoms with Gasteiger partial charge < -0.3 is 26.5 Å². The molecule has 9 heteroatoms. The van der Waals surface area contributed by atoms with Gasteiger partial charge in [0, 0.05) is 18.3 Å². The smallest absolute Gasteiger partial charge is 0.326 e. The predicted octanol–water partition coefficient (Wildman–Crippen LogP) is -0.456. The van der Waals surface area contributed by atoms with Gasteiger partial charge in [-0.05, 0) is 13.3 Å². The number of aromatic nitrogens is 2. The third-order valence-corrected chi connectivity index (χ3v) is 3.55. The van der Waals surface area contributed by atoms with Crippen molar-refractivity contribution in [3.05, 3.63) is 18.2 Å². The Morgan fingerprint density at radius 3 is 2.58 bits per heavy atom. The number of rotatable bonds is 10. The van der Waals surface area contributed by atoms with Gasteiger partial charge in [-0.3, -0.25) is 9.59 Å². The number of nitrogens with zero attached hydrogens (tertiary/aromatic N) is 1. The summed E-state index contributed by atoms with van der Waals surface area (Å²) in [4.78, 5) is 41.9. The highest BCUT2D eigenvalue weighted by molar-refractivity contribution is 5.91. The Kier molecular flexibility index (Phi) is 7.90. The first kappa shape index (κ1) is 19.6. The van der Waals surface area contributed by atoms with Crippen LogP contribution in [0.2, 0.25) is 0 Å². The van der Waals surface area contributed by atoms with Crippen molar-refractivity contribution in [1.82, 2.24) is 20.6 Å². The first-order chi connectivity index (χ1) is 11.3. The van der Waals surface area contributed by atoms with Gasteiger partial charge in [0.05, 0.1) is 12.4 Å². The Morgan fingerprint density at radius 2 is 2.04 bits per heavy atom. The summed E-state index contributed by atoms with van der Waals surface area (Å²) in [6.45, 7) is 3.47. The number of aromatic amines is 1. The fraction of sp³-hybridized carbons (Fsp3) is 0.600. The van der Waals surface area contributed by atoms with Crippen molar-refractivity contribution in [2.24, 2.45) is 5.73 Å². The minimum Gasteiger partial charge on any atom is -0.480 e. The lowest BCUT2D eigenvalue weighted by molar-refractivity contribution is -0.142. The maximum absolute atomic E-state index is 12.1. The van der Waals surface area contributed by atoms with Gasteiger partial charge in [0.1, 0.15) is 12.1 Å². The van der Waals surface area contributed by atoms with Crippen LogP contribution in [0, 0.1) is 0 Å². The van der Waals surface area contributed by atoms with Gasteiger partial charge in [0.25, 0.3) is 0 Å². The monoisotopic (exact) mass is 339 g/mol. The largest absolute Gasteiger partial charge is 0.480 e. The van der Waals surface area contributed by atoms with Crippen molar-refractivity contribution < 1.29 is 19.5 Å². The number of unbranched alkanes of at least 4 members (excludes halogenated alkanes) is 1. The molecule has 0 radical (unpaired) electrons. The van der Waals surface area contributed by atoms with E-state index in [0.717, 1.165) is 12.8 Å². The second-order valence-electron chi connectivity index (χ2n) is 5.66. The number of hydrogen-bond acceptors (Lipinski definition) is 5. The number of hydrogen-bond donors (Lipinski definition) is 5. The van der Waals surface area contributed by atoms with E-state index in [1.807, 2.05) is 6.92 Å². The molecule has 0 aliphatic heterocycles. The van der Waals surface area contributed by atoms with Crippen LogP contribution in [0.5, 0.6) is 0 Å². The summed E-state index contributed by atoms with van der Waals surface area (Å²) < 4.78 is 0. The number of H-pyrrole nitrogens is 1. The summed E-state index contributed by atoms with van der Waals surface area (Å²) in [5, 5.41) is 14.1. The highest BCUT2D eigenvalue weighted by Crippen LogP contribution is 2.01. The molecule has 0 unspecified atom stereocenters. The van der Waals surface area contributed by atoms with E-state index in [1.54, 1.807) is 0 Å². The molecule has 0 spiro atoms. The third-order valence-electron chi connectivity index (χ3n) is 3.55.